The summed E-state index contributed by atoms with van der Waals surface area (Å²) in [6.07, 6.45) is -0.00322. The highest BCUT2D eigenvalue weighted by molar-refractivity contribution is 9.10. The highest BCUT2D eigenvalue weighted by Crippen LogP contribution is 2.30. The first-order chi connectivity index (χ1) is 9.65. The van der Waals surface area contributed by atoms with Crippen LogP contribution < -0.4 is 0 Å². The van der Waals surface area contributed by atoms with E-state index in [1.165, 1.54) is 12.1 Å². The number of halogens is 2. The Balaban J connectivity index is 1.89. The summed E-state index contributed by atoms with van der Waals surface area (Å²) < 4.78 is 24.1. The number of aliphatic hydroxyl groups excluding tert-OH is 1. The van der Waals surface area contributed by atoms with Gasteiger partial charge in [-0.15, -0.1) is 0 Å². The molecule has 2 atom stereocenters. The van der Waals surface area contributed by atoms with Crippen LogP contribution in [-0.2, 0) is 4.74 Å². The molecule has 20 heavy (non-hydrogen) atoms. The van der Waals surface area contributed by atoms with E-state index >= 15 is 0 Å². The maximum atomic E-state index is 13.1. The van der Waals surface area contributed by atoms with Crippen molar-refractivity contribution in [2.45, 2.75) is 18.4 Å². The van der Waals surface area contributed by atoms with Crippen molar-refractivity contribution in [3.63, 3.8) is 0 Å². The molecule has 1 N–H and O–H groups in total. The monoisotopic (exact) mass is 342 g/mol. The molecule has 0 amide bonds. The number of benzene rings is 1. The Bertz CT molecular complexity index is 619. The fourth-order valence-electron chi connectivity index (χ4n) is 2.13. The van der Waals surface area contributed by atoms with Crippen molar-refractivity contribution >= 4 is 15.9 Å². The summed E-state index contributed by atoms with van der Waals surface area (Å²) in [7, 11) is 0. The van der Waals surface area contributed by atoms with E-state index in [9.17, 15) is 9.50 Å². The molecule has 3 rings (SSSR count). The van der Waals surface area contributed by atoms with Gasteiger partial charge in [0.05, 0.1) is 18.6 Å². The van der Waals surface area contributed by atoms with Gasteiger partial charge in [-0.05, 0) is 40.5 Å². The lowest BCUT2D eigenvalue weighted by atomic mass is 9.99. The van der Waals surface area contributed by atoms with Crippen molar-refractivity contribution in [1.29, 1.82) is 0 Å². The number of nitrogens with zero attached hydrogens (tertiary/aromatic N) is 2. The predicted octanol–water partition coefficient (Wildman–Crippen LogP) is 2.50. The standard InChI is InChI=1S/C13H12BrFN2O3/c14-10-5-7(15)1-2-8(10)12-16-13(20-17-12)9-6-19-4-3-11(9)18/h1-2,5,9,11,18H,3-4,6H2. The molecule has 0 spiro atoms. The Hall–Kier alpha value is -1.31. The molecule has 1 aliphatic heterocycles. The zero-order chi connectivity index (χ0) is 14.1. The van der Waals surface area contributed by atoms with Gasteiger partial charge >= 0.3 is 0 Å². The summed E-state index contributed by atoms with van der Waals surface area (Å²) in [6, 6.07) is 4.24. The Morgan fingerprint density at radius 2 is 2.25 bits per heavy atom. The number of hydrogen-bond donors (Lipinski definition) is 1. The van der Waals surface area contributed by atoms with E-state index in [1.54, 1.807) is 6.07 Å². The fourth-order valence-corrected chi connectivity index (χ4v) is 2.66. The molecule has 7 heteroatoms. The van der Waals surface area contributed by atoms with Gasteiger partial charge in [0.1, 0.15) is 5.82 Å². The van der Waals surface area contributed by atoms with Crippen LogP contribution in [0.1, 0.15) is 18.2 Å². The van der Waals surface area contributed by atoms with E-state index in [1.807, 2.05) is 0 Å². The van der Waals surface area contributed by atoms with Gasteiger partial charge in [-0.2, -0.15) is 4.98 Å². The zero-order valence-corrected chi connectivity index (χ0v) is 12.0. The van der Waals surface area contributed by atoms with Crippen LogP contribution in [-0.4, -0.2) is 34.6 Å². The Labute approximate surface area is 122 Å². The van der Waals surface area contributed by atoms with Crippen molar-refractivity contribution in [2.75, 3.05) is 13.2 Å². The second-order valence-corrected chi connectivity index (χ2v) is 5.47. The lowest BCUT2D eigenvalue weighted by Crippen LogP contribution is -2.30. The maximum absolute atomic E-state index is 13.1. The molecule has 1 aliphatic rings. The molecule has 2 aromatic rings. The zero-order valence-electron chi connectivity index (χ0n) is 10.4. The minimum atomic E-state index is -0.547. The van der Waals surface area contributed by atoms with Crippen molar-refractivity contribution in [3.8, 4) is 11.4 Å². The van der Waals surface area contributed by atoms with Gasteiger partial charge < -0.3 is 14.4 Å². The number of rotatable bonds is 2. The van der Waals surface area contributed by atoms with Gasteiger partial charge in [0.2, 0.25) is 11.7 Å². The average Bonchev–Trinajstić information content (AvgIpc) is 2.88. The Kier molecular flexibility index (Phi) is 3.82. The summed E-state index contributed by atoms with van der Waals surface area (Å²) in [5, 5.41) is 13.8. The summed E-state index contributed by atoms with van der Waals surface area (Å²) in [5.74, 6) is 0.0257. The Morgan fingerprint density at radius 1 is 1.40 bits per heavy atom. The van der Waals surface area contributed by atoms with E-state index in [0.717, 1.165) is 0 Å². The van der Waals surface area contributed by atoms with E-state index in [0.29, 0.717) is 41.4 Å². The lowest BCUT2D eigenvalue weighted by Gasteiger charge is -2.24. The molecule has 0 saturated carbocycles. The third-order valence-electron chi connectivity index (χ3n) is 3.25. The summed E-state index contributed by atoms with van der Waals surface area (Å²) in [4.78, 5) is 4.27. The van der Waals surface area contributed by atoms with Gasteiger partial charge in [-0.25, -0.2) is 4.39 Å². The van der Waals surface area contributed by atoms with Crippen molar-refractivity contribution in [2.24, 2.45) is 0 Å². The molecule has 2 heterocycles. The van der Waals surface area contributed by atoms with Gasteiger partial charge in [0.15, 0.2) is 0 Å². The van der Waals surface area contributed by atoms with E-state index in [2.05, 4.69) is 26.1 Å². The molecule has 0 bridgehead atoms. The quantitative estimate of drug-likeness (QED) is 0.908. The average molecular weight is 343 g/mol. The summed E-state index contributed by atoms with van der Waals surface area (Å²) >= 11 is 3.27. The molecule has 0 aliphatic carbocycles. The first-order valence-corrected chi connectivity index (χ1v) is 6.99. The molecule has 1 aromatic heterocycles. The third kappa shape index (κ3) is 2.61. The molecular weight excluding hydrogens is 331 g/mol. The lowest BCUT2D eigenvalue weighted by molar-refractivity contribution is -0.0149. The van der Waals surface area contributed by atoms with Gasteiger partial charge in [0.25, 0.3) is 0 Å². The third-order valence-corrected chi connectivity index (χ3v) is 3.91. The molecule has 2 unspecified atom stereocenters. The first kappa shape index (κ1) is 13.7. The molecule has 106 valence electrons. The van der Waals surface area contributed by atoms with Crippen LogP contribution in [0.15, 0.2) is 27.2 Å². The number of ether oxygens (including phenoxy) is 1. The SMILES string of the molecule is OC1CCOCC1c1nc(-c2ccc(F)cc2Br)no1. The van der Waals surface area contributed by atoms with Gasteiger partial charge in [-0.1, -0.05) is 5.16 Å². The first-order valence-electron chi connectivity index (χ1n) is 6.20. The smallest absolute Gasteiger partial charge is 0.235 e. The highest BCUT2D eigenvalue weighted by Gasteiger charge is 2.30. The second kappa shape index (κ2) is 5.59. The number of aliphatic hydroxyl groups is 1. The van der Waals surface area contributed by atoms with E-state index in [4.69, 9.17) is 9.26 Å². The van der Waals surface area contributed by atoms with Crippen LogP contribution in [0.25, 0.3) is 11.4 Å². The largest absolute Gasteiger partial charge is 0.392 e. The van der Waals surface area contributed by atoms with Crippen LogP contribution in [0.4, 0.5) is 4.39 Å². The van der Waals surface area contributed by atoms with E-state index in [-0.39, 0.29) is 11.7 Å². The minimum absolute atomic E-state index is 0.316. The fraction of sp³-hybridized carbons (Fsp3) is 0.385. The second-order valence-electron chi connectivity index (χ2n) is 4.62. The van der Waals surface area contributed by atoms with Crippen LogP contribution in [0.2, 0.25) is 0 Å². The van der Waals surface area contributed by atoms with Crippen LogP contribution in [0, 0.1) is 5.82 Å². The van der Waals surface area contributed by atoms with Gasteiger partial charge in [-0.3, -0.25) is 0 Å². The van der Waals surface area contributed by atoms with Gasteiger partial charge in [0, 0.05) is 16.6 Å². The number of hydrogen-bond acceptors (Lipinski definition) is 5. The van der Waals surface area contributed by atoms with Crippen molar-refractivity contribution < 1.29 is 18.8 Å². The highest BCUT2D eigenvalue weighted by atomic mass is 79.9. The molecular formula is C13H12BrFN2O3. The number of aromatic nitrogens is 2. The molecule has 5 nitrogen and oxygen atoms in total. The molecule has 1 fully saturated rings. The predicted molar refractivity (Wildman–Crippen MR) is 71.6 cm³/mol. The summed E-state index contributed by atoms with van der Waals surface area (Å²) in [6.45, 7) is 0.884. The molecule has 0 radical (unpaired) electrons. The topological polar surface area (TPSA) is 68.4 Å². The maximum Gasteiger partial charge on any atom is 0.235 e. The summed E-state index contributed by atoms with van der Waals surface area (Å²) in [5.41, 5.74) is 0.632. The van der Waals surface area contributed by atoms with Crippen LogP contribution >= 0.6 is 15.9 Å². The van der Waals surface area contributed by atoms with Crippen molar-refractivity contribution in [3.05, 3.63) is 34.4 Å². The Morgan fingerprint density at radius 3 is 3.00 bits per heavy atom. The normalized spacial score (nSPS) is 22.9. The van der Waals surface area contributed by atoms with Crippen molar-refractivity contribution in [1.82, 2.24) is 10.1 Å². The van der Waals surface area contributed by atoms with E-state index < -0.39 is 6.10 Å². The van der Waals surface area contributed by atoms with Crippen LogP contribution in [0.5, 0.6) is 0 Å². The molecule has 1 saturated heterocycles. The van der Waals surface area contributed by atoms with Crippen LogP contribution in [0.3, 0.4) is 0 Å². The minimum Gasteiger partial charge on any atom is -0.392 e. The molecule has 1 aromatic carbocycles.